The zero-order valence-electron chi connectivity index (χ0n) is 7.44. The third-order valence-electron chi connectivity index (χ3n) is 1.25. The second-order valence-electron chi connectivity index (χ2n) is 2.56. The molecule has 0 atom stereocenters. The fourth-order valence-corrected chi connectivity index (χ4v) is 1.80. The Hall–Kier alpha value is -1.11. The van der Waals surface area contributed by atoms with Gasteiger partial charge in [0.05, 0.1) is 5.75 Å². The van der Waals surface area contributed by atoms with E-state index in [1.165, 1.54) is 0 Å². The van der Waals surface area contributed by atoms with Crippen LogP contribution in [0.1, 0.15) is 19.2 Å². The molecule has 0 amide bonds. The number of nitrogens with one attached hydrogen (secondary N) is 1. The van der Waals surface area contributed by atoms with E-state index >= 15 is 0 Å². The number of hydrogen-bond donors (Lipinski definition) is 1. The van der Waals surface area contributed by atoms with Gasteiger partial charge in [0, 0.05) is 6.92 Å². The van der Waals surface area contributed by atoms with Crippen molar-refractivity contribution >= 4 is 16.0 Å². The van der Waals surface area contributed by atoms with Gasteiger partial charge in [-0.1, -0.05) is 6.92 Å². The van der Waals surface area contributed by atoms with Gasteiger partial charge < -0.3 is 4.52 Å². The molecule has 1 aromatic rings. The molecule has 1 N–H and O–H groups in total. The Morgan fingerprint density at radius 3 is 2.69 bits per heavy atom. The van der Waals surface area contributed by atoms with Crippen molar-refractivity contribution < 1.29 is 12.9 Å². The summed E-state index contributed by atoms with van der Waals surface area (Å²) in [6.45, 7) is 3.37. The van der Waals surface area contributed by atoms with Crippen LogP contribution < -0.4 is 4.72 Å². The topological polar surface area (TPSA) is 85.1 Å². The molecule has 0 aliphatic rings. The first-order valence-corrected chi connectivity index (χ1v) is 5.49. The van der Waals surface area contributed by atoms with E-state index in [1.807, 2.05) is 0 Å². The Bertz CT molecular complexity index is 370. The van der Waals surface area contributed by atoms with Crippen molar-refractivity contribution in [1.82, 2.24) is 10.1 Å². The zero-order chi connectivity index (χ0) is 9.90. The van der Waals surface area contributed by atoms with Gasteiger partial charge in [0.25, 0.3) is 5.95 Å². The van der Waals surface area contributed by atoms with Crippen LogP contribution in [0.15, 0.2) is 4.52 Å². The number of anilines is 1. The second kappa shape index (κ2) is 3.73. The van der Waals surface area contributed by atoms with Gasteiger partial charge in [0.1, 0.15) is 0 Å². The standard InChI is InChI=1S/C6H11N3O3S/c1-3-4-13(10,11)9-6-7-5(2)12-8-6/h3-4H2,1-2H3,(H,8,9). The van der Waals surface area contributed by atoms with E-state index in [9.17, 15) is 8.42 Å². The lowest BCUT2D eigenvalue weighted by Crippen LogP contribution is -2.16. The lowest BCUT2D eigenvalue weighted by atomic mass is 10.6. The van der Waals surface area contributed by atoms with Crippen molar-refractivity contribution in [1.29, 1.82) is 0 Å². The van der Waals surface area contributed by atoms with Crippen molar-refractivity contribution in [3.05, 3.63) is 5.89 Å². The molecule has 0 aliphatic carbocycles. The Morgan fingerprint density at radius 2 is 2.23 bits per heavy atom. The molecule has 0 radical (unpaired) electrons. The summed E-state index contributed by atoms with van der Waals surface area (Å²) in [5.41, 5.74) is 0. The maximum atomic E-state index is 11.2. The van der Waals surface area contributed by atoms with Gasteiger partial charge in [-0.3, -0.25) is 0 Å². The Labute approximate surface area is 76.4 Å². The van der Waals surface area contributed by atoms with Gasteiger partial charge in [0.15, 0.2) is 0 Å². The van der Waals surface area contributed by atoms with E-state index in [-0.39, 0.29) is 11.7 Å². The molecule has 0 fully saturated rings. The van der Waals surface area contributed by atoms with Crippen molar-refractivity contribution in [2.24, 2.45) is 0 Å². The quantitative estimate of drug-likeness (QED) is 0.774. The van der Waals surface area contributed by atoms with Crippen LogP contribution in [0.2, 0.25) is 0 Å². The van der Waals surface area contributed by atoms with E-state index in [0.29, 0.717) is 12.3 Å². The summed E-state index contributed by atoms with van der Waals surface area (Å²) in [6, 6.07) is 0. The van der Waals surface area contributed by atoms with Crippen molar-refractivity contribution in [3.8, 4) is 0 Å². The minimum atomic E-state index is -3.31. The Kier molecular flexibility index (Phi) is 2.86. The van der Waals surface area contributed by atoms with Crippen molar-refractivity contribution in [3.63, 3.8) is 0 Å². The predicted molar refractivity (Wildman–Crippen MR) is 46.7 cm³/mol. The lowest BCUT2D eigenvalue weighted by Gasteiger charge is -2.00. The van der Waals surface area contributed by atoms with Gasteiger partial charge >= 0.3 is 0 Å². The molecule has 0 saturated heterocycles. The normalized spacial score (nSPS) is 11.5. The van der Waals surface area contributed by atoms with Gasteiger partial charge in [-0.25, -0.2) is 13.1 Å². The van der Waals surface area contributed by atoms with Crippen LogP contribution in [-0.2, 0) is 10.0 Å². The second-order valence-corrected chi connectivity index (χ2v) is 4.40. The summed E-state index contributed by atoms with van der Waals surface area (Å²) >= 11 is 0. The highest BCUT2D eigenvalue weighted by Crippen LogP contribution is 2.04. The fourth-order valence-electron chi connectivity index (χ4n) is 0.800. The van der Waals surface area contributed by atoms with E-state index < -0.39 is 10.0 Å². The number of hydrogen-bond acceptors (Lipinski definition) is 5. The number of nitrogens with zero attached hydrogens (tertiary/aromatic N) is 2. The average molecular weight is 205 g/mol. The molecular weight excluding hydrogens is 194 g/mol. The van der Waals surface area contributed by atoms with E-state index in [0.717, 1.165) is 0 Å². The Balaban J connectivity index is 2.69. The summed E-state index contributed by atoms with van der Waals surface area (Å²) in [5, 5.41) is 3.41. The summed E-state index contributed by atoms with van der Waals surface area (Å²) in [5.74, 6) is 0.376. The van der Waals surface area contributed by atoms with Gasteiger partial charge in [-0.15, -0.1) is 0 Å². The number of rotatable bonds is 4. The van der Waals surface area contributed by atoms with Crippen LogP contribution >= 0.6 is 0 Å². The van der Waals surface area contributed by atoms with Crippen LogP contribution in [0.25, 0.3) is 0 Å². The highest BCUT2D eigenvalue weighted by Gasteiger charge is 2.12. The van der Waals surface area contributed by atoms with Gasteiger partial charge in [-0.05, 0) is 11.6 Å². The molecule has 1 rings (SSSR count). The number of aromatic nitrogens is 2. The fraction of sp³-hybridized carbons (Fsp3) is 0.667. The van der Waals surface area contributed by atoms with Crippen LogP contribution in [-0.4, -0.2) is 24.3 Å². The third kappa shape index (κ3) is 3.02. The largest absolute Gasteiger partial charge is 0.338 e. The van der Waals surface area contributed by atoms with Crippen LogP contribution in [0.3, 0.4) is 0 Å². The maximum absolute atomic E-state index is 11.2. The van der Waals surface area contributed by atoms with E-state index in [2.05, 4.69) is 19.4 Å². The first-order chi connectivity index (χ1) is 6.03. The molecule has 0 spiro atoms. The van der Waals surface area contributed by atoms with Crippen molar-refractivity contribution in [2.45, 2.75) is 20.3 Å². The van der Waals surface area contributed by atoms with Crippen molar-refractivity contribution in [2.75, 3.05) is 10.5 Å². The SMILES string of the molecule is CCCS(=O)(=O)Nc1noc(C)n1. The monoisotopic (exact) mass is 205 g/mol. The molecule has 1 heterocycles. The van der Waals surface area contributed by atoms with E-state index in [4.69, 9.17) is 0 Å². The summed E-state index contributed by atoms with van der Waals surface area (Å²) < 4.78 is 29.1. The Morgan fingerprint density at radius 1 is 1.54 bits per heavy atom. The molecule has 7 heteroatoms. The van der Waals surface area contributed by atoms with Gasteiger partial charge in [0.2, 0.25) is 15.9 Å². The third-order valence-corrected chi connectivity index (χ3v) is 2.69. The predicted octanol–water partition coefficient (Wildman–Crippen LogP) is 0.530. The van der Waals surface area contributed by atoms with Crippen LogP contribution in [0, 0.1) is 6.92 Å². The minimum Gasteiger partial charge on any atom is -0.338 e. The molecule has 0 saturated carbocycles. The first-order valence-electron chi connectivity index (χ1n) is 3.84. The maximum Gasteiger partial charge on any atom is 0.277 e. The summed E-state index contributed by atoms with van der Waals surface area (Å²) in [7, 11) is -3.31. The summed E-state index contributed by atoms with van der Waals surface area (Å²) in [4.78, 5) is 3.71. The van der Waals surface area contributed by atoms with Crippen LogP contribution in [0.4, 0.5) is 5.95 Å². The summed E-state index contributed by atoms with van der Waals surface area (Å²) in [6.07, 6.45) is 0.548. The highest BCUT2D eigenvalue weighted by atomic mass is 32.2. The number of sulfonamides is 1. The van der Waals surface area contributed by atoms with Gasteiger partial charge in [-0.2, -0.15) is 4.98 Å². The minimum absolute atomic E-state index is 0.00838. The smallest absolute Gasteiger partial charge is 0.277 e. The lowest BCUT2D eigenvalue weighted by molar-refractivity contribution is 0.395. The number of aryl methyl sites for hydroxylation is 1. The molecule has 6 nitrogen and oxygen atoms in total. The molecular formula is C6H11N3O3S. The molecule has 0 aliphatic heterocycles. The molecule has 0 unspecified atom stereocenters. The average Bonchev–Trinajstić information content (AvgIpc) is 2.34. The van der Waals surface area contributed by atoms with E-state index in [1.54, 1.807) is 13.8 Å². The van der Waals surface area contributed by atoms with Crippen LogP contribution in [0.5, 0.6) is 0 Å². The molecule has 0 bridgehead atoms. The molecule has 13 heavy (non-hydrogen) atoms. The zero-order valence-corrected chi connectivity index (χ0v) is 8.26. The molecule has 74 valence electrons. The molecule has 1 aromatic heterocycles. The highest BCUT2D eigenvalue weighted by molar-refractivity contribution is 7.92. The first kappa shape index (κ1) is 9.97. The molecule has 0 aromatic carbocycles.